The minimum atomic E-state index is -3.75. The number of methoxy groups -OCH3 is 1. The zero-order chi connectivity index (χ0) is 19.9. The third-order valence-corrected chi connectivity index (χ3v) is 6.45. The average molecular weight is 400 g/mol. The van der Waals surface area contributed by atoms with Gasteiger partial charge in [0.05, 0.1) is 31.8 Å². The van der Waals surface area contributed by atoms with Crippen molar-refractivity contribution in [2.45, 2.75) is 18.7 Å². The molecule has 0 unspecified atom stereocenters. The molecule has 27 heavy (non-hydrogen) atoms. The van der Waals surface area contributed by atoms with Gasteiger partial charge in [-0.05, 0) is 30.7 Å². The maximum Gasteiger partial charge on any atom is 0.243 e. The number of likely N-dealkylation sites (N-methyl/N-ethyl adjacent to an activating group) is 1. The van der Waals surface area contributed by atoms with Crippen LogP contribution in [0.15, 0.2) is 23.1 Å². The van der Waals surface area contributed by atoms with Crippen LogP contribution in [0.2, 0.25) is 0 Å². The van der Waals surface area contributed by atoms with E-state index < -0.39 is 10.0 Å². The Morgan fingerprint density at radius 3 is 2.63 bits per heavy atom. The summed E-state index contributed by atoms with van der Waals surface area (Å²) in [5, 5.41) is 2.80. The van der Waals surface area contributed by atoms with Crippen LogP contribution in [0.5, 0.6) is 5.75 Å². The summed E-state index contributed by atoms with van der Waals surface area (Å²) in [6, 6.07) is 4.69. The number of carbonyl (C=O) groups is 1. The summed E-state index contributed by atoms with van der Waals surface area (Å²) in [5.41, 5.74) is 0.726. The number of hydrogen-bond acceptors (Lipinski definition) is 6. The van der Waals surface area contributed by atoms with E-state index in [0.717, 1.165) is 25.2 Å². The Kier molecular flexibility index (Phi) is 8.03. The molecule has 0 radical (unpaired) electrons. The van der Waals surface area contributed by atoms with Gasteiger partial charge >= 0.3 is 0 Å². The SMILES string of the molecule is CCN(CC(=O)NCCN1CCOCC1)S(=O)(=O)c1ccc(OC)c(C)c1. The van der Waals surface area contributed by atoms with E-state index >= 15 is 0 Å². The summed E-state index contributed by atoms with van der Waals surface area (Å²) in [5.74, 6) is 0.316. The lowest BCUT2D eigenvalue weighted by Crippen LogP contribution is -2.44. The molecule has 1 aliphatic heterocycles. The van der Waals surface area contributed by atoms with Crippen molar-refractivity contribution >= 4 is 15.9 Å². The second kappa shape index (κ2) is 10.0. The highest BCUT2D eigenvalue weighted by Crippen LogP contribution is 2.23. The molecule has 1 aromatic rings. The van der Waals surface area contributed by atoms with Gasteiger partial charge in [0.15, 0.2) is 0 Å². The molecule has 9 heteroatoms. The van der Waals surface area contributed by atoms with E-state index in [1.807, 2.05) is 0 Å². The third-order valence-electron chi connectivity index (χ3n) is 4.53. The van der Waals surface area contributed by atoms with E-state index in [0.29, 0.717) is 25.5 Å². The first-order valence-electron chi connectivity index (χ1n) is 9.10. The number of aryl methyl sites for hydroxylation is 1. The fourth-order valence-electron chi connectivity index (χ4n) is 2.92. The van der Waals surface area contributed by atoms with Crippen LogP contribution < -0.4 is 10.1 Å². The summed E-state index contributed by atoms with van der Waals surface area (Å²) in [4.78, 5) is 14.6. The van der Waals surface area contributed by atoms with Crippen LogP contribution in [-0.2, 0) is 19.6 Å². The normalized spacial score (nSPS) is 15.7. The molecule has 2 rings (SSSR count). The lowest BCUT2D eigenvalue weighted by molar-refractivity contribution is -0.121. The number of nitrogens with one attached hydrogen (secondary N) is 1. The topological polar surface area (TPSA) is 88.2 Å². The smallest absolute Gasteiger partial charge is 0.243 e. The highest BCUT2D eigenvalue weighted by molar-refractivity contribution is 7.89. The standard InChI is InChI=1S/C18H29N3O5S/c1-4-21(14-18(22)19-7-8-20-9-11-26-12-10-20)27(23,24)16-5-6-17(25-3)15(2)13-16/h5-6,13H,4,7-12,14H2,1-3H3,(H,19,22). The van der Waals surface area contributed by atoms with Crippen LogP contribution in [0.25, 0.3) is 0 Å². The minimum absolute atomic E-state index is 0.156. The molecular formula is C18H29N3O5S. The molecule has 1 N–H and O–H groups in total. The first-order chi connectivity index (χ1) is 12.9. The van der Waals surface area contributed by atoms with E-state index in [1.54, 1.807) is 26.0 Å². The van der Waals surface area contributed by atoms with Gasteiger partial charge in [-0.3, -0.25) is 9.69 Å². The minimum Gasteiger partial charge on any atom is -0.496 e. The molecule has 0 bridgehead atoms. The van der Waals surface area contributed by atoms with Crippen LogP contribution in [0.3, 0.4) is 0 Å². The average Bonchev–Trinajstić information content (AvgIpc) is 2.66. The van der Waals surface area contributed by atoms with Crippen molar-refractivity contribution in [3.8, 4) is 5.75 Å². The number of morpholine rings is 1. The van der Waals surface area contributed by atoms with Crippen LogP contribution in [-0.4, -0.2) is 83.1 Å². The van der Waals surface area contributed by atoms with Gasteiger partial charge in [0.1, 0.15) is 5.75 Å². The Labute approximate surface area is 161 Å². The molecule has 0 atom stereocenters. The molecule has 1 amide bonds. The molecular weight excluding hydrogens is 370 g/mol. The Morgan fingerprint density at radius 2 is 2.04 bits per heavy atom. The Hall–Kier alpha value is -1.68. The monoisotopic (exact) mass is 399 g/mol. The van der Waals surface area contributed by atoms with Crippen molar-refractivity contribution in [3.05, 3.63) is 23.8 Å². The van der Waals surface area contributed by atoms with Crippen LogP contribution >= 0.6 is 0 Å². The molecule has 152 valence electrons. The number of carbonyl (C=O) groups excluding carboxylic acids is 1. The van der Waals surface area contributed by atoms with E-state index in [2.05, 4.69) is 10.2 Å². The zero-order valence-electron chi connectivity index (χ0n) is 16.2. The first kappa shape index (κ1) is 21.6. The number of rotatable bonds is 9. The largest absolute Gasteiger partial charge is 0.496 e. The summed E-state index contributed by atoms with van der Waals surface area (Å²) in [6.07, 6.45) is 0. The maximum atomic E-state index is 12.9. The summed E-state index contributed by atoms with van der Waals surface area (Å²) in [6.45, 7) is 7.83. The molecule has 1 aliphatic rings. The number of amides is 1. The van der Waals surface area contributed by atoms with Crippen molar-refractivity contribution in [1.29, 1.82) is 0 Å². The maximum absolute atomic E-state index is 12.9. The second-order valence-corrected chi connectivity index (χ2v) is 8.30. The van der Waals surface area contributed by atoms with Gasteiger partial charge in [0.2, 0.25) is 15.9 Å². The first-order valence-corrected chi connectivity index (χ1v) is 10.5. The highest BCUT2D eigenvalue weighted by atomic mass is 32.2. The van der Waals surface area contributed by atoms with Gasteiger partial charge in [-0.1, -0.05) is 6.92 Å². The van der Waals surface area contributed by atoms with Gasteiger partial charge < -0.3 is 14.8 Å². The Balaban J connectivity index is 1.93. The van der Waals surface area contributed by atoms with E-state index in [1.165, 1.54) is 17.5 Å². The molecule has 0 saturated carbocycles. The van der Waals surface area contributed by atoms with E-state index in [4.69, 9.17) is 9.47 Å². The molecule has 1 saturated heterocycles. The van der Waals surface area contributed by atoms with Gasteiger partial charge in [-0.25, -0.2) is 8.42 Å². The lowest BCUT2D eigenvalue weighted by Gasteiger charge is -2.26. The Morgan fingerprint density at radius 1 is 1.33 bits per heavy atom. The summed E-state index contributed by atoms with van der Waals surface area (Å²) < 4.78 is 37.3. The van der Waals surface area contributed by atoms with Crippen LogP contribution in [0, 0.1) is 6.92 Å². The number of nitrogens with zero attached hydrogens (tertiary/aromatic N) is 2. The van der Waals surface area contributed by atoms with Gasteiger partial charge in [0, 0.05) is 32.7 Å². The molecule has 8 nitrogen and oxygen atoms in total. The highest BCUT2D eigenvalue weighted by Gasteiger charge is 2.25. The van der Waals surface area contributed by atoms with Crippen molar-refractivity contribution < 1.29 is 22.7 Å². The number of sulfonamides is 1. The molecule has 0 spiro atoms. The van der Waals surface area contributed by atoms with Gasteiger partial charge in [-0.2, -0.15) is 4.31 Å². The number of benzene rings is 1. The van der Waals surface area contributed by atoms with E-state index in [-0.39, 0.29) is 23.9 Å². The quantitative estimate of drug-likeness (QED) is 0.649. The molecule has 1 heterocycles. The fraction of sp³-hybridized carbons (Fsp3) is 0.611. The van der Waals surface area contributed by atoms with Crippen molar-refractivity contribution in [2.75, 3.05) is 59.6 Å². The van der Waals surface area contributed by atoms with Crippen molar-refractivity contribution in [3.63, 3.8) is 0 Å². The van der Waals surface area contributed by atoms with Crippen LogP contribution in [0.4, 0.5) is 0 Å². The fourth-order valence-corrected chi connectivity index (χ4v) is 4.41. The predicted molar refractivity (Wildman–Crippen MR) is 102 cm³/mol. The Bertz CT molecular complexity index is 733. The zero-order valence-corrected chi connectivity index (χ0v) is 17.0. The second-order valence-electron chi connectivity index (χ2n) is 6.37. The molecule has 0 aliphatic carbocycles. The molecule has 0 aromatic heterocycles. The van der Waals surface area contributed by atoms with Gasteiger partial charge in [-0.15, -0.1) is 0 Å². The summed E-state index contributed by atoms with van der Waals surface area (Å²) >= 11 is 0. The van der Waals surface area contributed by atoms with Crippen LogP contribution in [0.1, 0.15) is 12.5 Å². The predicted octanol–water partition coefficient (Wildman–Crippen LogP) is 0.463. The van der Waals surface area contributed by atoms with Crippen molar-refractivity contribution in [2.24, 2.45) is 0 Å². The molecule has 1 fully saturated rings. The third kappa shape index (κ3) is 5.90. The lowest BCUT2D eigenvalue weighted by atomic mass is 10.2. The number of ether oxygens (including phenoxy) is 2. The van der Waals surface area contributed by atoms with E-state index in [9.17, 15) is 13.2 Å². The van der Waals surface area contributed by atoms with Crippen molar-refractivity contribution in [1.82, 2.24) is 14.5 Å². The summed E-state index contributed by atoms with van der Waals surface area (Å²) in [7, 11) is -2.21. The van der Waals surface area contributed by atoms with Gasteiger partial charge in [0.25, 0.3) is 0 Å². The molecule has 1 aromatic carbocycles. The number of hydrogen-bond donors (Lipinski definition) is 1.